The summed E-state index contributed by atoms with van der Waals surface area (Å²) < 4.78 is 11.7. The zero-order valence-corrected chi connectivity index (χ0v) is 32.0. The molecule has 2 aromatic heterocycles. The van der Waals surface area contributed by atoms with Crippen LogP contribution in [0.5, 0.6) is 0 Å². The molecule has 60 heavy (non-hydrogen) atoms. The van der Waals surface area contributed by atoms with E-state index in [1.165, 1.54) is 43.5 Å². The number of anilines is 3. The molecule has 4 aromatic carbocycles. The van der Waals surface area contributed by atoms with Crippen LogP contribution < -0.4 is 21.8 Å². The van der Waals surface area contributed by atoms with E-state index in [1.807, 2.05) is 0 Å². The van der Waals surface area contributed by atoms with Crippen LogP contribution in [0.2, 0.25) is 5.02 Å². The van der Waals surface area contributed by atoms with Crippen molar-refractivity contribution in [3.63, 3.8) is 0 Å². The topological polar surface area (TPSA) is 244 Å². The Balaban J connectivity index is 1.37. The van der Waals surface area contributed by atoms with Crippen molar-refractivity contribution in [3.8, 4) is 22.5 Å². The average Bonchev–Trinajstić information content (AvgIpc) is 3.24. The van der Waals surface area contributed by atoms with Gasteiger partial charge >= 0.3 is 23.9 Å². The Morgan fingerprint density at radius 3 is 1.90 bits per heavy atom. The Bertz CT molecular complexity index is 3170. The van der Waals surface area contributed by atoms with Crippen molar-refractivity contribution in [2.45, 2.75) is 13.1 Å². The Labute approximate surface area is 343 Å². The molecule has 1 aliphatic carbocycles. The lowest BCUT2D eigenvalue weighted by molar-refractivity contribution is 0.0597. The highest BCUT2D eigenvalue weighted by atomic mass is 35.5. The Morgan fingerprint density at radius 2 is 1.33 bits per heavy atom. The first kappa shape index (κ1) is 38.8. The zero-order valence-electron chi connectivity index (χ0n) is 31.2. The number of hydrogen-bond acceptors (Lipinski definition) is 12. The number of nitrogen functional groups attached to an aromatic ring is 1. The number of fused-ring (bicyclic) bond motifs is 4. The number of rotatable bonds is 11. The fourth-order valence-corrected chi connectivity index (χ4v) is 7.40. The number of esters is 1. The fourth-order valence-electron chi connectivity index (χ4n) is 7.17. The highest BCUT2D eigenvalue weighted by molar-refractivity contribution is 6.31. The van der Waals surface area contributed by atoms with Gasteiger partial charge < -0.3 is 40.8 Å². The molecule has 298 valence electrons. The van der Waals surface area contributed by atoms with E-state index in [0.29, 0.717) is 44.1 Å². The number of carbonyl (C=O) groups is 4. The van der Waals surface area contributed by atoms with Crippen molar-refractivity contribution in [2.24, 2.45) is 0 Å². The molecule has 6 aromatic rings. The van der Waals surface area contributed by atoms with Gasteiger partial charge in [0.15, 0.2) is 0 Å². The van der Waals surface area contributed by atoms with Gasteiger partial charge in [-0.3, -0.25) is 4.79 Å². The smallest absolute Gasteiger partial charge is 0.354 e. The minimum absolute atomic E-state index is 0.00316. The molecule has 0 atom stereocenters. The third-order valence-electron chi connectivity index (χ3n) is 10.1. The van der Waals surface area contributed by atoms with Gasteiger partial charge in [0, 0.05) is 51.6 Å². The largest absolute Gasteiger partial charge is 0.478 e. The van der Waals surface area contributed by atoms with Crippen LogP contribution in [0, 0.1) is 0 Å². The van der Waals surface area contributed by atoms with Gasteiger partial charge in [0.1, 0.15) is 22.7 Å². The van der Waals surface area contributed by atoms with Gasteiger partial charge in [-0.25, -0.2) is 29.1 Å². The molecule has 0 spiro atoms. The number of ether oxygens (including phenoxy) is 1. The number of carbonyl (C=O) groups excluding carboxylic acids is 1. The van der Waals surface area contributed by atoms with Gasteiger partial charge in [0.05, 0.1) is 51.2 Å². The summed E-state index contributed by atoms with van der Waals surface area (Å²) in [5, 5.41) is 37.6. The van der Waals surface area contributed by atoms with Crippen molar-refractivity contribution in [2.75, 3.05) is 23.5 Å². The number of nitrogens with zero attached hydrogens (tertiary/aromatic N) is 2. The molecule has 0 saturated heterocycles. The minimum atomic E-state index is -1.32. The highest BCUT2D eigenvalue weighted by Gasteiger charge is 2.29. The summed E-state index contributed by atoms with van der Waals surface area (Å²) in [6.45, 7) is -0.247. The zero-order chi connectivity index (χ0) is 42.4. The van der Waals surface area contributed by atoms with E-state index >= 15 is 0 Å². The lowest BCUT2D eigenvalue weighted by Gasteiger charge is -2.22. The molecule has 2 aliphatic rings. The third kappa shape index (κ3) is 6.88. The number of aromatic carboxylic acids is 3. The molecule has 0 bridgehead atoms. The fraction of sp³-hybridized carbons (Fsp3) is 0.0682. The summed E-state index contributed by atoms with van der Waals surface area (Å²) in [5.41, 5.74) is 8.42. The van der Waals surface area contributed by atoms with Crippen LogP contribution in [-0.4, -0.2) is 56.3 Å². The maximum Gasteiger partial charge on any atom is 0.354 e. The van der Waals surface area contributed by atoms with Crippen LogP contribution >= 0.6 is 11.6 Å². The molecule has 1 aliphatic heterocycles. The van der Waals surface area contributed by atoms with Gasteiger partial charge in [0.25, 0.3) is 0 Å². The normalized spacial score (nSPS) is 11.2. The van der Waals surface area contributed by atoms with Crippen LogP contribution in [0.25, 0.3) is 55.2 Å². The highest BCUT2D eigenvalue weighted by Crippen LogP contribution is 2.45. The Morgan fingerprint density at radius 1 is 0.733 bits per heavy atom. The second-order valence-electron chi connectivity index (χ2n) is 13.6. The van der Waals surface area contributed by atoms with E-state index in [2.05, 4.69) is 20.6 Å². The van der Waals surface area contributed by atoms with Crippen LogP contribution in [0.3, 0.4) is 0 Å². The summed E-state index contributed by atoms with van der Waals surface area (Å²) in [6.07, 6.45) is 0. The van der Waals surface area contributed by atoms with Gasteiger partial charge in [-0.05, 0) is 66.2 Å². The monoisotopic (exact) mass is 823 g/mol. The standard InChI is InChI=1S/C44H30ClN5O10/c1-59-44(58)22-8-11-23(41(52)53)25(16-22)35-24-12-13-30(46)27(18-47-31-6-2-4-20-9-14-33(42(54)55)49-36(20)31)39(24)60-40-26(35)17-29(45)38(51)28(40)19-48-32-7-3-5-21-10-15-34(43(56)57)50-37(21)32/h2-17,47-48H,18-19,46H2,1H3,(H,52,53)(H,54,55)(H,56,57). The van der Waals surface area contributed by atoms with E-state index < -0.39 is 29.3 Å². The molecule has 0 fully saturated rings. The predicted octanol–water partition coefficient (Wildman–Crippen LogP) is 8.00. The Kier molecular flexibility index (Phi) is 9.95. The van der Waals surface area contributed by atoms with E-state index in [0.717, 1.165) is 0 Å². The van der Waals surface area contributed by atoms with Crippen LogP contribution in [0.4, 0.5) is 17.1 Å². The molecule has 0 saturated carbocycles. The number of carboxylic acid groups (broad SMARTS) is 3. The number of nitrogens with two attached hydrogens (primary N) is 1. The Hall–Kier alpha value is -8.04. The van der Waals surface area contributed by atoms with Crippen molar-refractivity contribution >= 4 is 85.3 Å². The molecule has 3 heterocycles. The number of methoxy groups -OCH3 is 1. The average molecular weight is 824 g/mol. The minimum Gasteiger partial charge on any atom is -0.478 e. The summed E-state index contributed by atoms with van der Waals surface area (Å²) in [6, 6.07) is 25.0. The van der Waals surface area contributed by atoms with E-state index in [4.69, 9.17) is 26.5 Å². The number of nitrogens with one attached hydrogen (secondary N) is 2. The van der Waals surface area contributed by atoms with Crippen LogP contribution in [-0.2, 0) is 17.8 Å². The predicted molar refractivity (Wildman–Crippen MR) is 224 cm³/mol. The molecular weight excluding hydrogens is 794 g/mol. The molecule has 0 unspecified atom stereocenters. The summed E-state index contributed by atoms with van der Waals surface area (Å²) in [4.78, 5) is 71.9. The molecular formula is C44H30ClN5O10. The van der Waals surface area contributed by atoms with Gasteiger partial charge in [-0.1, -0.05) is 48.0 Å². The molecule has 0 radical (unpaired) electrons. The summed E-state index contributed by atoms with van der Waals surface area (Å²) in [5.74, 6) is -4.47. The molecule has 15 nitrogen and oxygen atoms in total. The maximum atomic E-state index is 14.0. The van der Waals surface area contributed by atoms with E-state index in [1.54, 1.807) is 60.7 Å². The SMILES string of the molecule is COC(=O)c1ccc(C(=O)O)c(-c2c3cc(Cl)c(=O)c(CNc4cccc5ccc(C(=O)O)nc45)c-3oc3c(CNc4cccc5ccc(C(=O)O)nc45)c(N)ccc23)c1. The molecule has 16 heteroatoms. The number of carboxylic acids is 3. The summed E-state index contributed by atoms with van der Waals surface area (Å²) >= 11 is 6.67. The quantitative estimate of drug-likeness (QED) is 0.0411. The van der Waals surface area contributed by atoms with Crippen molar-refractivity contribution in [3.05, 3.63) is 146 Å². The number of aromatic nitrogens is 2. The van der Waals surface area contributed by atoms with Crippen molar-refractivity contribution in [1.29, 1.82) is 0 Å². The summed E-state index contributed by atoms with van der Waals surface area (Å²) in [7, 11) is 1.19. The third-order valence-corrected chi connectivity index (χ3v) is 10.3. The number of hydrogen-bond donors (Lipinski definition) is 6. The van der Waals surface area contributed by atoms with E-state index in [-0.39, 0.29) is 79.9 Å². The van der Waals surface area contributed by atoms with E-state index in [9.17, 15) is 39.3 Å². The lowest BCUT2D eigenvalue weighted by Crippen LogP contribution is -2.17. The first-order valence-corrected chi connectivity index (χ1v) is 18.4. The maximum absolute atomic E-state index is 14.0. The van der Waals surface area contributed by atoms with Crippen molar-refractivity contribution in [1.82, 2.24) is 9.97 Å². The number of pyridine rings is 2. The molecule has 0 amide bonds. The lowest BCUT2D eigenvalue weighted by atomic mass is 9.87. The van der Waals surface area contributed by atoms with Crippen LogP contribution in [0.1, 0.15) is 52.8 Å². The second-order valence-corrected chi connectivity index (χ2v) is 14.0. The van der Waals surface area contributed by atoms with Gasteiger partial charge in [0.2, 0.25) is 5.43 Å². The molecule has 8 rings (SSSR count). The molecule has 7 N–H and O–H groups in total. The first-order chi connectivity index (χ1) is 28.8. The van der Waals surface area contributed by atoms with Gasteiger partial charge in [-0.15, -0.1) is 0 Å². The second kappa shape index (κ2) is 15.4. The van der Waals surface area contributed by atoms with Crippen LogP contribution in [0.15, 0.2) is 106 Å². The van der Waals surface area contributed by atoms with Gasteiger partial charge in [-0.2, -0.15) is 0 Å². The number of benzene rings is 5. The number of para-hydroxylation sites is 2. The number of halogens is 1. The first-order valence-electron chi connectivity index (χ1n) is 18.0. The van der Waals surface area contributed by atoms with Crippen molar-refractivity contribution < 1.29 is 43.7 Å².